The van der Waals surface area contributed by atoms with Crippen LogP contribution in [0.1, 0.15) is 28.9 Å². The van der Waals surface area contributed by atoms with Crippen molar-refractivity contribution in [2.75, 3.05) is 12.8 Å². The Morgan fingerprint density at radius 3 is 2.45 bits per heavy atom. The van der Waals surface area contributed by atoms with Crippen molar-refractivity contribution in [2.45, 2.75) is 13.0 Å². The highest BCUT2D eigenvalue weighted by Crippen LogP contribution is 2.31. The molecule has 0 saturated heterocycles. The lowest BCUT2D eigenvalue weighted by Gasteiger charge is -2.18. The Hall–Kier alpha value is -2.49. The lowest BCUT2D eigenvalue weighted by molar-refractivity contribution is 0.0594. The van der Waals surface area contributed by atoms with Gasteiger partial charge in [0.2, 0.25) is 0 Å². The van der Waals surface area contributed by atoms with Gasteiger partial charge in [0.05, 0.1) is 12.8 Å². The molecule has 2 N–H and O–H groups in total. The van der Waals surface area contributed by atoms with Gasteiger partial charge in [-0.05, 0) is 24.6 Å². The number of methoxy groups -OCH3 is 1. The number of carbonyl (C=O) groups excluding carboxylic acids is 1. The number of para-hydroxylation sites is 1. The molecular weight excluding hydrogens is 254 g/mol. The predicted octanol–water partition coefficient (Wildman–Crippen LogP) is 3.20. The van der Waals surface area contributed by atoms with Crippen LogP contribution in [-0.4, -0.2) is 13.1 Å². The van der Waals surface area contributed by atoms with Crippen molar-refractivity contribution < 1.29 is 14.3 Å². The van der Waals surface area contributed by atoms with E-state index in [0.29, 0.717) is 17.0 Å². The monoisotopic (exact) mass is 271 g/mol. The zero-order chi connectivity index (χ0) is 14.5. The molecule has 1 unspecified atom stereocenters. The normalized spacial score (nSPS) is 11.7. The van der Waals surface area contributed by atoms with E-state index in [2.05, 4.69) is 0 Å². The maximum absolute atomic E-state index is 11.7. The van der Waals surface area contributed by atoms with Crippen LogP contribution in [0.2, 0.25) is 0 Å². The summed E-state index contributed by atoms with van der Waals surface area (Å²) in [5.41, 5.74) is 7.66. The first kappa shape index (κ1) is 13.9. The Kier molecular flexibility index (Phi) is 4.25. The Bertz CT molecular complexity index is 596. The summed E-state index contributed by atoms with van der Waals surface area (Å²) in [7, 11) is 1.33. The Balaban J connectivity index is 2.31. The summed E-state index contributed by atoms with van der Waals surface area (Å²) >= 11 is 0. The number of rotatable bonds is 4. The van der Waals surface area contributed by atoms with Crippen LogP contribution in [0.5, 0.6) is 5.75 Å². The number of ether oxygens (including phenoxy) is 2. The number of nitrogen functional groups attached to an aromatic ring is 1. The van der Waals surface area contributed by atoms with Crippen molar-refractivity contribution >= 4 is 11.7 Å². The van der Waals surface area contributed by atoms with Crippen molar-refractivity contribution in [1.29, 1.82) is 0 Å². The highest BCUT2D eigenvalue weighted by atomic mass is 16.5. The van der Waals surface area contributed by atoms with Crippen LogP contribution >= 0.6 is 0 Å². The van der Waals surface area contributed by atoms with E-state index in [0.717, 1.165) is 5.56 Å². The second-order valence-corrected chi connectivity index (χ2v) is 4.39. The molecule has 4 nitrogen and oxygen atoms in total. The third-order valence-corrected chi connectivity index (χ3v) is 3.01. The molecule has 0 aliphatic rings. The van der Waals surface area contributed by atoms with Gasteiger partial charge >= 0.3 is 5.97 Å². The molecule has 0 amide bonds. The van der Waals surface area contributed by atoms with Gasteiger partial charge in [-0.3, -0.25) is 0 Å². The van der Waals surface area contributed by atoms with Gasteiger partial charge in [0.1, 0.15) is 11.7 Å². The van der Waals surface area contributed by atoms with Crippen LogP contribution < -0.4 is 10.5 Å². The van der Waals surface area contributed by atoms with E-state index in [1.807, 2.05) is 37.3 Å². The van der Waals surface area contributed by atoms with Crippen molar-refractivity contribution in [3.8, 4) is 5.75 Å². The summed E-state index contributed by atoms with van der Waals surface area (Å²) in [4.78, 5) is 11.7. The number of nitrogens with two attached hydrogens (primary N) is 1. The van der Waals surface area contributed by atoms with Crippen molar-refractivity contribution in [3.63, 3.8) is 0 Å². The maximum Gasteiger partial charge on any atom is 0.341 e. The number of hydrogen-bond acceptors (Lipinski definition) is 4. The second kappa shape index (κ2) is 6.10. The predicted molar refractivity (Wildman–Crippen MR) is 77.7 cm³/mol. The Morgan fingerprint density at radius 1 is 1.10 bits per heavy atom. The molecule has 2 rings (SSSR count). The zero-order valence-electron chi connectivity index (χ0n) is 11.5. The molecule has 20 heavy (non-hydrogen) atoms. The summed E-state index contributed by atoms with van der Waals surface area (Å²) in [5, 5.41) is 0. The van der Waals surface area contributed by atoms with E-state index in [4.69, 9.17) is 15.2 Å². The lowest BCUT2D eigenvalue weighted by atomic mass is 10.1. The third kappa shape index (κ3) is 2.91. The smallest absolute Gasteiger partial charge is 0.341 e. The number of esters is 1. The zero-order valence-corrected chi connectivity index (χ0v) is 11.5. The van der Waals surface area contributed by atoms with Gasteiger partial charge < -0.3 is 15.2 Å². The van der Waals surface area contributed by atoms with Gasteiger partial charge in [0, 0.05) is 0 Å². The summed E-state index contributed by atoms with van der Waals surface area (Å²) in [6.45, 7) is 1.91. The van der Waals surface area contributed by atoms with E-state index in [1.54, 1.807) is 18.2 Å². The van der Waals surface area contributed by atoms with Crippen LogP contribution in [0.4, 0.5) is 5.69 Å². The van der Waals surface area contributed by atoms with Crippen LogP contribution in [0.25, 0.3) is 0 Å². The van der Waals surface area contributed by atoms with E-state index in [9.17, 15) is 4.79 Å². The van der Waals surface area contributed by atoms with Crippen molar-refractivity contribution in [2.24, 2.45) is 0 Å². The first-order valence-corrected chi connectivity index (χ1v) is 6.32. The highest BCUT2D eigenvalue weighted by Gasteiger charge is 2.18. The van der Waals surface area contributed by atoms with Gasteiger partial charge in [0.25, 0.3) is 0 Å². The minimum absolute atomic E-state index is 0.218. The SMILES string of the molecule is COC(=O)c1cccc(N)c1OC(C)c1ccccc1. The topological polar surface area (TPSA) is 61.5 Å². The number of anilines is 1. The first-order chi connectivity index (χ1) is 9.63. The maximum atomic E-state index is 11.7. The molecule has 0 fully saturated rings. The van der Waals surface area contributed by atoms with Crippen LogP contribution in [-0.2, 0) is 4.74 Å². The minimum Gasteiger partial charge on any atom is -0.483 e. The molecule has 0 saturated carbocycles. The fourth-order valence-corrected chi connectivity index (χ4v) is 1.93. The summed E-state index contributed by atoms with van der Waals surface area (Å²) in [6, 6.07) is 14.8. The van der Waals surface area contributed by atoms with Gasteiger partial charge in [-0.1, -0.05) is 36.4 Å². The van der Waals surface area contributed by atoms with Crippen molar-refractivity contribution in [3.05, 3.63) is 59.7 Å². The van der Waals surface area contributed by atoms with Crippen LogP contribution in [0, 0.1) is 0 Å². The molecule has 0 radical (unpaired) electrons. The molecule has 0 bridgehead atoms. The quantitative estimate of drug-likeness (QED) is 0.685. The summed E-state index contributed by atoms with van der Waals surface area (Å²) in [5.74, 6) is -0.108. The molecule has 0 spiro atoms. The molecule has 0 aliphatic carbocycles. The molecule has 2 aromatic carbocycles. The third-order valence-electron chi connectivity index (χ3n) is 3.01. The number of hydrogen-bond donors (Lipinski definition) is 1. The first-order valence-electron chi connectivity index (χ1n) is 6.32. The highest BCUT2D eigenvalue weighted by molar-refractivity contribution is 5.94. The largest absolute Gasteiger partial charge is 0.483 e. The Morgan fingerprint density at radius 2 is 1.80 bits per heavy atom. The molecule has 4 heteroatoms. The lowest BCUT2D eigenvalue weighted by Crippen LogP contribution is -2.10. The fraction of sp³-hybridized carbons (Fsp3) is 0.188. The molecule has 0 aliphatic heterocycles. The van der Waals surface area contributed by atoms with Crippen LogP contribution in [0.3, 0.4) is 0 Å². The summed E-state index contributed by atoms with van der Waals surface area (Å²) in [6.07, 6.45) is -0.218. The molecule has 104 valence electrons. The van der Waals surface area contributed by atoms with Crippen molar-refractivity contribution in [1.82, 2.24) is 0 Å². The molecule has 1 atom stereocenters. The standard InChI is InChI=1S/C16H17NO3/c1-11(12-7-4-3-5-8-12)20-15-13(16(18)19-2)9-6-10-14(15)17/h3-11H,17H2,1-2H3. The van der Waals surface area contributed by atoms with E-state index in [-0.39, 0.29) is 6.10 Å². The van der Waals surface area contributed by atoms with E-state index < -0.39 is 5.97 Å². The van der Waals surface area contributed by atoms with Gasteiger partial charge in [0.15, 0.2) is 5.75 Å². The van der Waals surface area contributed by atoms with E-state index >= 15 is 0 Å². The average molecular weight is 271 g/mol. The second-order valence-electron chi connectivity index (χ2n) is 4.39. The van der Waals surface area contributed by atoms with Gasteiger partial charge in [-0.2, -0.15) is 0 Å². The molecule has 0 heterocycles. The van der Waals surface area contributed by atoms with Gasteiger partial charge in [-0.25, -0.2) is 4.79 Å². The minimum atomic E-state index is -0.465. The average Bonchev–Trinajstić information content (AvgIpc) is 2.49. The fourth-order valence-electron chi connectivity index (χ4n) is 1.93. The molecular formula is C16H17NO3. The molecule has 2 aromatic rings. The van der Waals surface area contributed by atoms with E-state index in [1.165, 1.54) is 7.11 Å². The Labute approximate surface area is 118 Å². The van der Waals surface area contributed by atoms with Crippen LogP contribution in [0.15, 0.2) is 48.5 Å². The number of carbonyl (C=O) groups is 1. The van der Waals surface area contributed by atoms with Gasteiger partial charge in [-0.15, -0.1) is 0 Å². The number of benzene rings is 2. The molecule has 0 aromatic heterocycles. The summed E-state index contributed by atoms with van der Waals surface area (Å²) < 4.78 is 10.6.